The molecule has 1 aliphatic rings. The Morgan fingerprint density at radius 2 is 1.83 bits per heavy atom. The fourth-order valence-electron chi connectivity index (χ4n) is 4.40. The van der Waals surface area contributed by atoms with E-state index in [4.69, 9.17) is 16.3 Å². The highest BCUT2D eigenvalue weighted by atomic mass is 35.5. The van der Waals surface area contributed by atoms with Gasteiger partial charge in [-0.2, -0.15) is 0 Å². The van der Waals surface area contributed by atoms with Gasteiger partial charge in [-0.25, -0.2) is 0 Å². The number of rotatable bonds is 6. The molecular weight excluding hydrogens is 468 g/mol. The molecule has 35 heavy (non-hydrogen) atoms. The molecule has 0 unspecified atom stereocenters. The number of aromatic hydroxyl groups is 1. The molecule has 1 aromatic heterocycles. The third kappa shape index (κ3) is 5.04. The number of likely N-dealkylation sites (N-methyl/N-ethyl adjacent to an activating group) is 1. The van der Waals surface area contributed by atoms with E-state index < -0.39 is 0 Å². The number of anilines is 1. The Kier molecular flexibility index (Phi) is 7.14. The predicted octanol–water partition coefficient (Wildman–Crippen LogP) is 3.68. The second kappa shape index (κ2) is 10.1. The lowest BCUT2D eigenvalue weighted by Crippen LogP contribution is -2.51. The summed E-state index contributed by atoms with van der Waals surface area (Å²) in [6.07, 6.45) is 1.63. The lowest BCUT2D eigenvalue weighted by Gasteiger charge is -2.37. The van der Waals surface area contributed by atoms with Gasteiger partial charge in [0.15, 0.2) is 17.3 Å². The molecule has 0 atom stereocenters. The average molecular weight is 497 g/mol. The maximum absolute atomic E-state index is 12.6. The molecule has 0 radical (unpaired) electrons. The Morgan fingerprint density at radius 3 is 2.46 bits per heavy atom. The first-order valence-electron chi connectivity index (χ1n) is 11.4. The second-order valence-electron chi connectivity index (χ2n) is 8.92. The van der Waals surface area contributed by atoms with Crippen LogP contribution in [-0.4, -0.2) is 85.5 Å². The first-order valence-corrected chi connectivity index (χ1v) is 11.8. The smallest absolute Gasteiger partial charge is 0.236 e. The third-order valence-electron chi connectivity index (χ3n) is 6.20. The summed E-state index contributed by atoms with van der Waals surface area (Å²) < 4.78 is 5.26. The Bertz CT molecular complexity index is 1290. The predicted molar refractivity (Wildman–Crippen MR) is 138 cm³/mol. The molecule has 1 fully saturated rings. The second-order valence-corrected chi connectivity index (χ2v) is 9.33. The number of carbonyl (C=O) groups excluding carboxylic acids is 2. The largest absolute Gasteiger partial charge is 0.503 e. The number of piperazine rings is 1. The number of carbonyl (C=O) groups is 2. The van der Waals surface area contributed by atoms with Crippen molar-refractivity contribution in [3.05, 3.63) is 47.1 Å². The molecule has 0 aliphatic carbocycles. The van der Waals surface area contributed by atoms with Crippen LogP contribution in [0.25, 0.3) is 22.0 Å². The van der Waals surface area contributed by atoms with Crippen molar-refractivity contribution in [2.75, 3.05) is 58.8 Å². The minimum absolute atomic E-state index is 0.0692. The molecule has 8 nitrogen and oxygen atoms in total. The molecule has 1 amide bonds. The van der Waals surface area contributed by atoms with Gasteiger partial charge in [0.2, 0.25) is 5.91 Å². The van der Waals surface area contributed by atoms with Crippen LogP contribution < -0.4 is 9.64 Å². The average Bonchev–Trinajstić information content (AvgIpc) is 2.84. The van der Waals surface area contributed by atoms with E-state index in [0.29, 0.717) is 38.3 Å². The fourth-order valence-corrected chi connectivity index (χ4v) is 4.61. The Labute approximate surface area is 209 Å². The van der Waals surface area contributed by atoms with Crippen molar-refractivity contribution >= 4 is 39.9 Å². The van der Waals surface area contributed by atoms with Crippen molar-refractivity contribution in [1.82, 2.24) is 14.8 Å². The number of pyridine rings is 1. The Morgan fingerprint density at radius 1 is 1.11 bits per heavy atom. The highest BCUT2D eigenvalue weighted by Gasteiger charge is 2.26. The fraction of sp³-hybridized carbons (Fsp3) is 0.346. The molecule has 1 saturated heterocycles. The van der Waals surface area contributed by atoms with Gasteiger partial charge < -0.3 is 24.5 Å². The Balaban J connectivity index is 1.75. The highest BCUT2D eigenvalue weighted by molar-refractivity contribution is 6.32. The van der Waals surface area contributed by atoms with E-state index in [1.165, 1.54) is 14.0 Å². The summed E-state index contributed by atoms with van der Waals surface area (Å²) in [6.45, 7) is 4.30. The molecule has 0 bridgehead atoms. The topological polar surface area (TPSA) is 86.2 Å². The lowest BCUT2D eigenvalue weighted by atomic mass is 9.99. The van der Waals surface area contributed by atoms with Gasteiger partial charge in [0.05, 0.1) is 35.4 Å². The molecule has 2 aromatic carbocycles. The van der Waals surface area contributed by atoms with Crippen LogP contribution in [0.15, 0.2) is 36.5 Å². The van der Waals surface area contributed by atoms with Crippen LogP contribution in [0.2, 0.25) is 5.02 Å². The molecule has 1 N–H and O–H groups in total. The van der Waals surface area contributed by atoms with Crippen molar-refractivity contribution in [1.29, 1.82) is 0 Å². The molecular formula is C26H29ClN4O4. The van der Waals surface area contributed by atoms with Crippen LogP contribution in [0, 0.1) is 0 Å². The first kappa shape index (κ1) is 24.8. The normalized spacial score (nSPS) is 14.0. The number of hydrogen-bond donors (Lipinski definition) is 1. The standard InChI is InChI=1S/C26H29ClN4O4/c1-16(32)20-14-28-22-6-5-17(18-12-21(27)26(34)23(13-18)35-4)11-19(22)25(20)31-9-7-30(8-10-31)24(33)15-29(2)3/h5-6,11-14,34H,7-10,15H2,1-4H3. The third-order valence-corrected chi connectivity index (χ3v) is 6.49. The summed E-state index contributed by atoms with van der Waals surface area (Å²) in [5.41, 5.74) is 3.74. The van der Waals surface area contributed by atoms with Gasteiger partial charge >= 0.3 is 0 Å². The quantitative estimate of drug-likeness (QED) is 0.521. The van der Waals surface area contributed by atoms with Crippen molar-refractivity contribution < 1.29 is 19.4 Å². The van der Waals surface area contributed by atoms with E-state index in [1.807, 2.05) is 42.1 Å². The van der Waals surface area contributed by atoms with Gasteiger partial charge in [0, 0.05) is 37.8 Å². The van der Waals surface area contributed by atoms with Gasteiger partial charge in [0.25, 0.3) is 0 Å². The number of nitrogens with zero attached hydrogens (tertiary/aromatic N) is 4. The highest BCUT2D eigenvalue weighted by Crippen LogP contribution is 2.40. The van der Waals surface area contributed by atoms with Crippen LogP contribution in [0.5, 0.6) is 11.5 Å². The van der Waals surface area contributed by atoms with Gasteiger partial charge in [0.1, 0.15) is 0 Å². The SMILES string of the molecule is COc1cc(-c2ccc3ncc(C(C)=O)c(N4CCN(C(=O)CN(C)C)CC4)c3c2)cc(Cl)c1O. The van der Waals surface area contributed by atoms with Gasteiger partial charge in [-0.3, -0.25) is 14.6 Å². The summed E-state index contributed by atoms with van der Waals surface area (Å²) in [5, 5.41) is 11.1. The van der Waals surface area contributed by atoms with Crippen molar-refractivity contribution in [3.63, 3.8) is 0 Å². The lowest BCUT2D eigenvalue weighted by molar-refractivity contribution is -0.132. The monoisotopic (exact) mass is 496 g/mol. The number of phenols is 1. The van der Waals surface area contributed by atoms with Crippen LogP contribution >= 0.6 is 11.6 Å². The molecule has 184 valence electrons. The van der Waals surface area contributed by atoms with E-state index in [1.54, 1.807) is 18.3 Å². The number of fused-ring (bicyclic) bond motifs is 1. The van der Waals surface area contributed by atoms with E-state index in [-0.39, 0.29) is 28.2 Å². The zero-order valence-electron chi connectivity index (χ0n) is 20.3. The zero-order valence-corrected chi connectivity index (χ0v) is 21.1. The van der Waals surface area contributed by atoms with Gasteiger partial charge in [-0.05, 0) is 56.4 Å². The summed E-state index contributed by atoms with van der Waals surface area (Å²) in [5.74, 6) is 0.199. The van der Waals surface area contributed by atoms with Gasteiger partial charge in [-0.15, -0.1) is 0 Å². The van der Waals surface area contributed by atoms with Crippen LogP contribution in [0.1, 0.15) is 17.3 Å². The van der Waals surface area contributed by atoms with Gasteiger partial charge in [-0.1, -0.05) is 17.7 Å². The number of methoxy groups -OCH3 is 1. The maximum Gasteiger partial charge on any atom is 0.236 e. The number of benzene rings is 2. The molecule has 9 heteroatoms. The molecule has 4 rings (SSSR count). The van der Waals surface area contributed by atoms with Crippen molar-refractivity contribution in [2.24, 2.45) is 0 Å². The number of hydrogen-bond acceptors (Lipinski definition) is 7. The minimum atomic E-state index is -0.110. The zero-order chi connectivity index (χ0) is 25.3. The van der Waals surface area contributed by atoms with E-state index in [2.05, 4.69) is 9.88 Å². The summed E-state index contributed by atoms with van der Waals surface area (Å²) in [4.78, 5) is 35.5. The molecule has 2 heterocycles. The molecule has 0 spiro atoms. The van der Waals surface area contributed by atoms with E-state index >= 15 is 0 Å². The molecule has 0 saturated carbocycles. The number of Topliss-reactive ketones (excluding diaryl/α,β-unsaturated/α-hetero) is 1. The van der Waals surface area contributed by atoms with Crippen LogP contribution in [0.4, 0.5) is 5.69 Å². The summed E-state index contributed by atoms with van der Waals surface area (Å²) in [6, 6.07) is 9.21. The molecule has 1 aliphatic heterocycles. The summed E-state index contributed by atoms with van der Waals surface area (Å²) in [7, 11) is 5.23. The van der Waals surface area contributed by atoms with Crippen molar-refractivity contribution in [3.8, 4) is 22.6 Å². The van der Waals surface area contributed by atoms with Crippen LogP contribution in [-0.2, 0) is 4.79 Å². The maximum atomic E-state index is 12.6. The number of ether oxygens (including phenoxy) is 1. The Hall–Kier alpha value is -3.36. The van der Waals surface area contributed by atoms with E-state index in [0.717, 1.165) is 27.7 Å². The molecule has 3 aromatic rings. The number of aromatic nitrogens is 1. The van der Waals surface area contributed by atoms with Crippen LogP contribution in [0.3, 0.4) is 0 Å². The number of halogens is 1. The van der Waals surface area contributed by atoms with E-state index in [9.17, 15) is 14.7 Å². The number of ketones is 1. The van der Waals surface area contributed by atoms with Crippen molar-refractivity contribution in [2.45, 2.75) is 6.92 Å². The first-order chi connectivity index (χ1) is 16.7. The number of amides is 1. The number of phenolic OH excluding ortho intramolecular Hbond substituents is 1. The summed E-state index contributed by atoms with van der Waals surface area (Å²) >= 11 is 6.23. The minimum Gasteiger partial charge on any atom is -0.503 e.